The van der Waals surface area contributed by atoms with Gasteiger partial charge in [0.25, 0.3) is 11.8 Å². The summed E-state index contributed by atoms with van der Waals surface area (Å²) in [4.78, 5) is 35.1. The van der Waals surface area contributed by atoms with Gasteiger partial charge in [-0.3, -0.25) is 25.2 Å². The smallest absolute Gasteiger partial charge is 0.269 e. The number of hydrogen-bond acceptors (Lipinski definition) is 3. The van der Waals surface area contributed by atoms with Crippen molar-refractivity contribution in [3.8, 4) is 0 Å². The van der Waals surface area contributed by atoms with Crippen LogP contribution < -0.4 is 16.2 Å². The van der Waals surface area contributed by atoms with Crippen LogP contribution in [0.3, 0.4) is 0 Å². The highest BCUT2D eigenvalue weighted by atomic mass is 16.2. The molecule has 0 aliphatic heterocycles. The van der Waals surface area contributed by atoms with Crippen LogP contribution in [0.5, 0.6) is 0 Å². The zero-order chi connectivity index (χ0) is 17.5. The standard InChI is InChI=1S/C18H19N3O3/c1-3-16(22)20-21-18(24)13-7-9-15(10-8-13)19-17(23)14-6-4-5-12(2)11-14/h4-11H,3H2,1-2H3,(H,19,23)(H,20,22)(H,21,24). The zero-order valence-corrected chi connectivity index (χ0v) is 13.6. The van der Waals surface area contributed by atoms with E-state index >= 15 is 0 Å². The second-order valence-corrected chi connectivity index (χ2v) is 5.26. The average molecular weight is 325 g/mol. The van der Waals surface area contributed by atoms with Crippen molar-refractivity contribution in [3.63, 3.8) is 0 Å². The van der Waals surface area contributed by atoms with Gasteiger partial charge in [-0.25, -0.2) is 0 Å². The number of benzene rings is 2. The van der Waals surface area contributed by atoms with E-state index in [0.29, 0.717) is 16.8 Å². The van der Waals surface area contributed by atoms with Crippen LogP contribution in [0.25, 0.3) is 0 Å². The lowest BCUT2D eigenvalue weighted by atomic mass is 10.1. The van der Waals surface area contributed by atoms with Crippen molar-refractivity contribution in [2.75, 3.05) is 5.32 Å². The molecule has 0 atom stereocenters. The molecule has 3 amide bonds. The minimum atomic E-state index is -0.423. The molecule has 0 aliphatic rings. The number of carbonyl (C=O) groups excluding carboxylic acids is 3. The van der Waals surface area contributed by atoms with Gasteiger partial charge in [-0.15, -0.1) is 0 Å². The molecule has 0 saturated heterocycles. The Bertz CT molecular complexity index is 754. The van der Waals surface area contributed by atoms with Crippen molar-refractivity contribution in [2.45, 2.75) is 20.3 Å². The number of rotatable bonds is 4. The first-order valence-electron chi connectivity index (χ1n) is 7.57. The number of aryl methyl sites for hydroxylation is 1. The van der Waals surface area contributed by atoms with Crippen molar-refractivity contribution in [1.82, 2.24) is 10.9 Å². The molecule has 2 aromatic carbocycles. The summed E-state index contributed by atoms with van der Waals surface area (Å²) < 4.78 is 0. The van der Waals surface area contributed by atoms with Crippen LogP contribution in [-0.2, 0) is 4.79 Å². The Morgan fingerprint density at radius 1 is 0.875 bits per heavy atom. The van der Waals surface area contributed by atoms with Gasteiger partial charge in [0.15, 0.2) is 0 Å². The van der Waals surface area contributed by atoms with E-state index in [-0.39, 0.29) is 18.2 Å². The molecule has 0 fully saturated rings. The second kappa shape index (κ2) is 7.92. The number of carbonyl (C=O) groups is 3. The van der Waals surface area contributed by atoms with Crippen molar-refractivity contribution < 1.29 is 14.4 Å². The Morgan fingerprint density at radius 2 is 1.58 bits per heavy atom. The molecule has 0 radical (unpaired) electrons. The van der Waals surface area contributed by atoms with Gasteiger partial charge in [-0.05, 0) is 43.3 Å². The van der Waals surface area contributed by atoms with Crippen LogP contribution in [0, 0.1) is 6.92 Å². The van der Waals surface area contributed by atoms with Crippen LogP contribution in [-0.4, -0.2) is 17.7 Å². The van der Waals surface area contributed by atoms with Gasteiger partial charge in [0, 0.05) is 23.2 Å². The molecule has 0 aromatic heterocycles. The second-order valence-electron chi connectivity index (χ2n) is 5.26. The van der Waals surface area contributed by atoms with Crippen molar-refractivity contribution in [2.24, 2.45) is 0 Å². The Labute approximate surface area is 140 Å². The SMILES string of the molecule is CCC(=O)NNC(=O)c1ccc(NC(=O)c2cccc(C)c2)cc1. The zero-order valence-electron chi connectivity index (χ0n) is 13.6. The highest BCUT2D eigenvalue weighted by molar-refractivity contribution is 6.04. The molecule has 24 heavy (non-hydrogen) atoms. The fourth-order valence-corrected chi connectivity index (χ4v) is 1.98. The maximum absolute atomic E-state index is 12.2. The Morgan fingerprint density at radius 3 is 2.21 bits per heavy atom. The van der Waals surface area contributed by atoms with Gasteiger partial charge in [-0.2, -0.15) is 0 Å². The van der Waals surface area contributed by atoms with Gasteiger partial charge in [0.1, 0.15) is 0 Å². The fourth-order valence-electron chi connectivity index (χ4n) is 1.98. The van der Waals surface area contributed by atoms with Gasteiger partial charge >= 0.3 is 0 Å². The molecule has 0 aliphatic carbocycles. The average Bonchev–Trinajstić information content (AvgIpc) is 2.60. The molecule has 0 spiro atoms. The summed E-state index contributed by atoms with van der Waals surface area (Å²) >= 11 is 0. The van der Waals surface area contributed by atoms with Crippen LogP contribution in [0.4, 0.5) is 5.69 Å². The lowest BCUT2D eigenvalue weighted by Crippen LogP contribution is -2.41. The van der Waals surface area contributed by atoms with E-state index in [2.05, 4.69) is 16.2 Å². The van der Waals surface area contributed by atoms with Gasteiger partial charge in [-0.1, -0.05) is 24.6 Å². The molecule has 0 unspecified atom stereocenters. The monoisotopic (exact) mass is 325 g/mol. The fraction of sp³-hybridized carbons (Fsp3) is 0.167. The maximum atomic E-state index is 12.2. The topological polar surface area (TPSA) is 87.3 Å². The molecule has 6 nitrogen and oxygen atoms in total. The molecule has 0 heterocycles. The highest BCUT2D eigenvalue weighted by Gasteiger charge is 2.09. The summed E-state index contributed by atoms with van der Waals surface area (Å²) in [7, 11) is 0. The summed E-state index contributed by atoms with van der Waals surface area (Å²) in [6.45, 7) is 3.61. The third-order valence-corrected chi connectivity index (χ3v) is 3.32. The third kappa shape index (κ3) is 4.67. The first-order chi connectivity index (χ1) is 11.5. The summed E-state index contributed by atoms with van der Waals surface area (Å²) in [5.41, 5.74) is 7.14. The van der Waals surface area contributed by atoms with Crippen LogP contribution in [0.15, 0.2) is 48.5 Å². The largest absolute Gasteiger partial charge is 0.322 e. The van der Waals surface area contributed by atoms with Gasteiger partial charge < -0.3 is 5.32 Å². The van der Waals surface area contributed by atoms with E-state index in [9.17, 15) is 14.4 Å². The summed E-state index contributed by atoms with van der Waals surface area (Å²) in [5, 5.41) is 2.77. The number of nitrogens with one attached hydrogen (secondary N) is 3. The molecule has 6 heteroatoms. The first kappa shape index (κ1) is 17.2. The molecule has 2 rings (SSSR count). The number of hydrogen-bond donors (Lipinski definition) is 3. The van der Waals surface area contributed by atoms with Gasteiger partial charge in [0.05, 0.1) is 0 Å². The van der Waals surface area contributed by atoms with Crippen LogP contribution in [0.2, 0.25) is 0 Å². The Balaban J connectivity index is 1.98. The molecule has 2 aromatic rings. The number of hydrazine groups is 1. The summed E-state index contributed by atoms with van der Waals surface area (Å²) in [6.07, 6.45) is 0.282. The minimum Gasteiger partial charge on any atom is -0.322 e. The van der Waals surface area contributed by atoms with Gasteiger partial charge in [0.2, 0.25) is 5.91 Å². The summed E-state index contributed by atoms with van der Waals surface area (Å²) in [5.74, 6) is -0.912. The van der Waals surface area contributed by atoms with Crippen LogP contribution in [0.1, 0.15) is 39.6 Å². The van der Waals surface area contributed by atoms with E-state index in [4.69, 9.17) is 0 Å². The van der Waals surface area contributed by atoms with E-state index in [1.807, 2.05) is 19.1 Å². The van der Waals surface area contributed by atoms with E-state index in [1.165, 1.54) is 0 Å². The maximum Gasteiger partial charge on any atom is 0.269 e. The Kier molecular flexibility index (Phi) is 5.68. The molecule has 3 N–H and O–H groups in total. The first-order valence-corrected chi connectivity index (χ1v) is 7.57. The van der Waals surface area contributed by atoms with Crippen LogP contribution >= 0.6 is 0 Å². The number of amides is 3. The highest BCUT2D eigenvalue weighted by Crippen LogP contribution is 2.12. The van der Waals surface area contributed by atoms with E-state index in [0.717, 1.165) is 5.56 Å². The number of anilines is 1. The predicted molar refractivity (Wildman–Crippen MR) is 91.5 cm³/mol. The molecule has 0 bridgehead atoms. The molecular formula is C18H19N3O3. The van der Waals surface area contributed by atoms with Crippen molar-refractivity contribution in [1.29, 1.82) is 0 Å². The molecule has 124 valence electrons. The lowest BCUT2D eigenvalue weighted by molar-refractivity contribution is -0.121. The quantitative estimate of drug-likeness (QED) is 0.754. The predicted octanol–water partition coefficient (Wildman–Crippen LogP) is 2.42. The molecule has 0 saturated carbocycles. The lowest BCUT2D eigenvalue weighted by Gasteiger charge is -2.08. The van der Waals surface area contributed by atoms with E-state index in [1.54, 1.807) is 43.3 Å². The summed E-state index contributed by atoms with van der Waals surface area (Å²) in [6, 6.07) is 13.7. The van der Waals surface area contributed by atoms with E-state index < -0.39 is 5.91 Å². The third-order valence-electron chi connectivity index (χ3n) is 3.32. The van der Waals surface area contributed by atoms with Crippen molar-refractivity contribution >= 4 is 23.4 Å². The normalized spacial score (nSPS) is 9.92. The minimum absolute atomic E-state index is 0.217. The molecular weight excluding hydrogens is 306 g/mol. The van der Waals surface area contributed by atoms with Crippen molar-refractivity contribution in [3.05, 3.63) is 65.2 Å². The Hall–Kier alpha value is -3.15.